The number of hydrogen-bond acceptors (Lipinski definition) is 4. The summed E-state index contributed by atoms with van der Waals surface area (Å²) in [6.45, 7) is 6.27. The lowest BCUT2D eigenvalue weighted by molar-refractivity contribution is -0.125. The highest BCUT2D eigenvalue weighted by atomic mass is 16.2. The zero-order valence-corrected chi connectivity index (χ0v) is 12.8. The van der Waals surface area contributed by atoms with Gasteiger partial charge in [-0.3, -0.25) is 14.5 Å². The van der Waals surface area contributed by atoms with Crippen LogP contribution in [0.1, 0.15) is 26.3 Å². The van der Waals surface area contributed by atoms with E-state index in [1.54, 1.807) is 11.0 Å². The number of benzene rings is 1. The molecule has 0 aliphatic carbocycles. The minimum absolute atomic E-state index is 0.0202. The number of hydrogen-bond donors (Lipinski definition) is 3. The Bertz CT molecular complexity index is 509. The van der Waals surface area contributed by atoms with Gasteiger partial charge in [0.1, 0.15) is 0 Å². The molecule has 0 bridgehead atoms. The second-order valence-corrected chi connectivity index (χ2v) is 6.15. The number of primary amides is 1. The van der Waals surface area contributed by atoms with Crippen molar-refractivity contribution in [1.29, 1.82) is 0 Å². The standard InChI is InChI=1S/C15H24N4O2/c1-15(2,3)18-14(21)10-19(9-13(17)20)8-11-5-4-6-12(16)7-11/h4-7H,8-10,16H2,1-3H3,(H2,17,20)(H,18,21). The molecule has 1 rings (SSSR count). The van der Waals surface area contributed by atoms with Crippen molar-refractivity contribution < 1.29 is 9.59 Å². The molecule has 1 aromatic carbocycles. The molecule has 0 saturated heterocycles. The Balaban J connectivity index is 2.72. The van der Waals surface area contributed by atoms with E-state index >= 15 is 0 Å². The highest BCUT2D eigenvalue weighted by Crippen LogP contribution is 2.09. The first-order chi connectivity index (χ1) is 9.65. The van der Waals surface area contributed by atoms with Crippen LogP contribution in [0.3, 0.4) is 0 Å². The fraction of sp³-hybridized carbons (Fsp3) is 0.467. The fourth-order valence-corrected chi connectivity index (χ4v) is 2.00. The summed E-state index contributed by atoms with van der Waals surface area (Å²) in [4.78, 5) is 24.8. The molecule has 0 aliphatic rings. The molecule has 116 valence electrons. The number of nitrogens with two attached hydrogens (primary N) is 2. The lowest BCUT2D eigenvalue weighted by Crippen LogP contribution is -2.47. The average Bonchev–Trinajstić information content (AvgIpc) is 2.24. The molecule has 0 heterocycles. The summed E-state index contributed by atoms with van der Waals surface area (Å²) in [5.41, 5.74) is 12.2. The lowest BCUT2D eigenvalue weighted by atomic mass is 10.1. The molecule has 0 aliphatic heterocycles. The molecule has 21 heavy (non-hydrogen) atoms. The van der Waals surface area contributed by atoms with Crippen LogP contribution in [0.25, 0.3) is 0 Å². The lowest BCUT2D eigenvalue weighted by Gasteiger charge is -2.25. The van der Waals surface area contributed by atoms with Gasteiger partial charge in [0, 0.05) is 17.8 Å². The van der Waals surface area contributed by atoms with Crippen LogP contribution in [0.2, 0.25) is 0 Å². The third kappa shape index (κ3) is 7.31. The zero-order valence-electron chi connectivity index (χ0n) is 12.8. The molecular weight excluding hydrogens is 268 g/mol. The molecule has 0 spiro atoms. The van der Waals surface area contributed by atoms with Crippen LogP contribution >= 0.6 is 0 Å². The third-order valence-electron chi connectivity index (χ3n) is 2.62. The molecule has 0 saturated carbocycles. The van der Waals surface area contributed by atoms with Gasteiger partial charge in [-0.25, -0.2) is 0 Å². The van der Waals surface area contributed by atoms with E-state index in [4.69, 9.17) is 11.5 Å². The number of carbonyl (C=O) groups excluding carboxylic acids is 2. The molecule has 0 fully saturated rings. The topological polar surface area (TPSA) is 101 Å². The number of carbonyl (C=O) groups is 2. The SMILES string of the molecule is CC(C)(C)NC(=O)CN(CC(N)=O)Cc1cccc(N)c1. The van der Waals surface area contributed by atoms with E-state index in [2.05, 4.69) is 5.32 Å². The van der Waals surface area contributed by atoms with Gasteiger partial charge in [0.2, 0.25) is 11.8 Å². The van der Waals surface area contributed by atoms with E-state index < -0.39 is 5.91 Å². The molecular formula is C15H24N4O2. The molecule has 0 unspecified atom stereocenters. The largest absolute Gasteiger partial charge is 0.399 e. The quantitative estimate of drug-likeness (QED) is 0.663. The number of nitrogens with zero attached hydrogens (tertiary/aromatic N) is 1. The van der Waals surface area contributed by atoms with Crippen molar-refractivity contribution in [1.82, 2.24) is 10.2 Å². The van der Waals surface area contributed by atoms with E-state index in [9.17, 15) is 9.59 Å². The predicted octanol–water partition coefficient (Wildman–Crippen LogP) is 0.471. The summed E-state index contributed by atoms with van der Waals surface area (Å²) in [5.74, 6) is -0.616. The van der Waals surface area contributed by atoms with Crippen molar-refractivity contribution in [2.45, 2.75) is 32.9 Å². The first kappa shape index (κ1) is 17.0. The number of nitrogen functional groups attached to an aromatic ring is 1. The Kier molecular flexibility index (Phi) is 5.72. The molecule has 6 nitrogen and oxygen atoms in total. The normalized spacial score (nSPS) is 11.4. The van der Waals surface area contributed by atoms with Crippen molar-refractivity contribution in [3.8, 4) is 0 Å². The summed E-state index contributed by atoms with van der Waals surface area (Å²) in [6.07, 6.45) is 0. The molecule has 2 amide bonds. The van der Waals surface area contributed by atoms with E-state index in [0.717, 1.165) is 5.56 Å². The van der Waals surface area contributed by atoms with Crippen LogP contribution in [0, 0.1) is 0 Å². The third-order valence-corrected chi connectivity index (χ3v) is 2.62. The van der Waals surface area contributed by atoms with E-state index in [1.165, 1.54) is 0 Å². The van der Waals surface area contributed by atoms with Gasteiger partial charge in [0.25, 0.3) is 0 Å². The molecule has 6 heteroatoms. The van der Waals surface area contributed by atoms with Crippen molar-refractivity contribution in [2.75, 3.05) is 18.8 Å². The van der Waals surface area contributed by atoms with Gasteiger partial charge in [0.05, 0.1) is 13.1 Å². The Labute approximate surface area is 125 Å². The summed E-state index contributed by atoms with van der Waals surface area (Å²) in [6, 6.07) is 7.33. The van der Waals surface area contributed by atoms with Gasteiger partial charge in [-0.05, 0) is 38.5 Å². The summed E-state index contributed by atoms with van der Waals surface area (Å²) in [5, 5.41) is 2.86. The minimum Gasteiger partial charge on any atom is -0.399 e. The monoisotopic (exact) mass is 292 g/mol. The van der Waals surface area contributed by atoms with E-state index in [1.807, 2.05) is 39.0 Å². The van der Waals surface area contributed by atoms with Crippen LogP contribution in [0.15, 0.2) is 24.3 Å². The molecule has 5 N–H and O–H groups in total. The zero-order chi connectivity index (χ0) is 16.0. The number of amides is 2. The van der Waals surface area contributed by atoms with Crippen molar-refractivity contribution >= 4 is 17.5 Å². The summed E-state index contributed by atoms with van der Waals surface area (Å²) in [7, 11) is 0. The van der Waals surface area contributed by atoms with Crippen molar-refractivity contribution in [2.24, 2.45) is 5.73 Å². The van der Waals surface area contributed by atoms with Crippen LogP contribution in [-0.2, 0) is 16.1 Å². The highest BCUT2D eigenvalue weighted by molar-refractivity contribution is 5.80. The average molecular weight is 292 g/mol. The first-order valence-electron chi connectivity index (χ1n) is 6.82. The Morgan fingerprint density at radius 2 is 1.90 bits per heavy atom. The number of rotatable bonds is 6. The first-order valence-corrected chi connectivity index (χ1v) is 6.82. The summed E-state index contributed by atoms with van der Waals surface area (Å²) >= 11 is 0. The van der Waals surface area contributed by atoms with Gasteiger partial charge < -0.3 is 16.8 Å². The Morgan fingerprint density at radius 1 is 1.24 bits per heavy atom. The highest BCUT2D eigenvalue weighted by Gasteiger charge is 2.18. The second-order valence-electron chi connectivity index (χ2n) is 6.15. The van der Waals surface area contributed by atoms with Gasteiger partial charge in [-0.2, -0.15) is 0 Å². The molecule has 0 aromatic heterocycles. The van der Waals surface area contributed by atoms with Gasteiger partial charge in [0.15, 0.2) is 0 Å². The van der Waals surface area contributed by atoms with Gasteiger partial charge in [-0.15, -0.1) is 0 Å². The Morgan fingerprint density at radius 3 is 2.43 bits per heavy atom. The van der Waals surface area contributed by atoms with Gasteiger partial charge >= 0.3 is 0 Å². The maximum Gasteiger partial charge on any atom is 0.234 e. The Hall–Kier alpha value is -2.08. The molecule has 0 radical (unpaired) electrons. The number of anilines is 1. The summed E-state index contributed by atoms with van der Waals surface area (Å²) < 4.78 is 0. The number of nitrogens with one attached hydrogen (secondary N) is 1. The van der Waals surface area contributed by atoms with Gasteiger partial charge in [-0.1, -0.05) is 12.1 Å². The van der Waals surface area contributed by atoms with E-state index in [-0.39, 0.29) is 24.5 Å². The fourth-order valence-electron chi connectivity index (χ4n) is 2.00. The van der Waals surface area contributed by atoms with Crippen molar-refractivity contribution in [3.05, 3.63) is 29.8 Å². The minimum atomic E-state index is -0.470. The maximum atomic E-state index is 12.0. The van der Waals surface area contributed by atoms with Crippen molar-refractivity contribution in [3.63, 3.8) is 0 Å². The van der Waals surface area contributed by atoms with Crippen LogP contribution in [-0.4, -0.2) is 35.3 Å². The maximum absolute atomic E-state index is 12.0. The smallest absolute Gasteiger partial charge is 0.234 e. The molecule has 1 aromatic rings. The van der Waals surface area contributed by atoms with E-state index in [0.29, 0.717) is 12.2 Å². The molecule has 0 atom stereocenters. The predicted molar refractivity (Wildman–Crippen MR) is 83.2 cm³/mol. The van der Waals surface area contributed by atoms with Crippen LogP contribution in [0.4, 0.5) is 5.69 Å². The van der Waals surface area contributed by atoms with Crippen LogP contribution < -0.4 is 16.8 Å². The van der Waals surface area contributed by atoms with Crippen LogP contribution in [0.5, 0.6) is 0 Å². The second kappa shape index (κ2) is 7.08.